The molecule has 18 heavy (non-hydrogen) atoms. The summed E-state index contributed by atoms with van der Waals surface area (Å²) in [5, 5.41) is 0. The standard InChI is InChI=1S/C15H31N3/c1-3-15(2,18-10-5-4-6-11-18)14(17-16)12-13-8-7-9-13/h13-14,17H,3-12,16H2,1-2H3. The molecule has 1 heterocycles. The number of hydrazine groups is 1. The molecule has 106 valence electrons. The smallest absolute Gasteiger partial charge is 0.0394 e. The molecule has 0 radical (unpaired) electrons. The first-order chi connectivity index (χ1) is 8.70. The number of likely N-dealkylation sites (tertiary alicyclic amines) is 1. The average Bonchev–Trinajstić information content (AvgIpc) is 2.38. The predicted molar refractivity (Wildman–Crippen MR) is 77.2 cm³/mol. The van der Waals surface area contributed by atoms with Crippen LogP contribution in [0.1, 0.15) is 65.2 Å². The minimum atomic E-state index is 0.241. The van der Waals surface area contributed by atoms with E-state index >= 15 is 0 Å². The zero-order valence-electron chi connectivity index (χ0n) is 12.3. The minimum absolute atomic E-state index is 0.241. The molecule has 3 nitrogen and oxygen atoms in total. The fourth-order valence-corrected chi connectivity index (χ4v) is 3.66. The van der Waals surface area contributed by atoms with Gasteiger partial charge in [-0.15, -0.1) is 0 Å². The molecule has 2 fully saturated rings. The van der Waals surface area contributed by atoms with E-state index in [9.17, 15) is 0 Å². The molecule has 0 aromatic rings. The van der Waals surface area contributed by atoms with Crippen LogP contribution in [0.4, 0.5) is 0 Å². The van der Waals surface area contributed by atoms with Gasteiger partial charge in [0.05, 0.1) is 0 Å². The normalized spacial score (nSPS) is 27.5. The van der Waals surface area contributed by atoms with Crippen molar-refractivity contribution in [3.8, 4) is 0 Å². The quantitative estimate of drug-likeness (QED) is 0.565. The lowest BCUT2D eigenvalue weighted by atomic mass is 9.75. The summed E-state index contributed by atoms with van der Waals surface area (Å²) in [4.78, 5) is 2.69. The van der Waals surface area contributed by atoms with Gasteiger partial charge in [-0.1, -0.05) is 32.6 Å². The molecule has 2 atom stereocenters. The van der Waals surface area contributed by atoms with Crippen LogP contribution in [0, 0.1) is 5.92 Å². The first-order valence-electron chi connectivity index (χ1n) is 7.92. The zero-order chi connectivity index (χ0) is 13.0. The van der Waals surface area contributed by atoms with Crippen LogP contribution in [0.2, 0.25) is 0 Å². The van der Waals surface area contributed by atoms with Gasteiger partial charge in [-0.25, -0.2) is 0 Å². The van der Waals surface area contributed by atoms with Crippen LogP contribution >= 0.6 is 0 Å². The largest absolute Gasteiger partial charge is 0.296 e. The molecule has 1 saturated carbocycles. The monoisotopic (exact) mass is 253 g/mol. The van der Waals surface area contributed by atoms with Crippen molar-refractivity contribution in [2.24, 2.45) is 11.8 Å². The van der Waals surface area contributed by atoms with Crippen LogP contribution < -0.4 is 11.3 Å². The number of rotatable bonds is 6. The van der Waals surface area contributed by atoms with Gasteiger partial charge in [-0.05, 0) is 51.6 Å². The summed E-state index contributed by atoms with van der Waals surface area (Å²) in [6.07, 6.45) is 10.8. The molecule has 0 amide bonds. The molecule has 2 unspecified atom stereocenters. The molecular weight excluding hydrogens is 222 g/mol. The maximum absolute atomic E-state index is 5.89. The molecule has 2 aliphatic rings. The van der Waals surface area contributed by atoms with Crippen molar-refractivity contribution < 1.29 is 0 Å². The van der Waals surface area contributed by atoms with Crippen molar-refractivity contribution in [2.45, 2.75) is 76.8 Å². The van der Waals surface area contributed by atoms with Gasteiger partial charge < -0.3 is 0 Å². The molecule has 1 aliphatic heterocycles. The predicted octanol–water partition coefficient (Wildman–Crippen LogP) is 2.66. The number of hydrogen-bond acceptors (Lipinski definition) is 3. The van der Waals surface area contributed by atoms with Crippen molar-refractivity contribution in [3.63, 3.8) is 0 Å². The summed E-state index contributed by atoms with van der Waals surface area (Å²) >= 11 is 0. The Morgan fingerprint density at radius 2 is 1.89 bits per heavy atom. The second-order valence-electron chi connectivity index (χ2n) is 6.51. The number of nitrogens with zero attached hydrogens (tertiary/aromatic N) is 1. The van der Waals surface area contributed by atoms with Crippen molar-refractivity contribution >= 4 is 0 Å². The lowest BCUT2D eigenvalue weighted by Crippen LogP contribution is -2.62. The molecule has 0 aromatic heterocycles. The molecule has 1 aliphatic carbocycles. The van der Waals surface area contributed by atoms with Crippen molar-refractivity contribution in [1.82, 2.24) is 10.3 Å². The van der Waals surface area contributed by atoms with Gasteiger partial charge in [-0.3, -0.25) is 16.2 Å². The van der Waals surface area contributed by atoms with Crippen molar-refractivity contribution in [1.29, 1.82) is 0 Å². The van der Waals surface area contributed by atoms with E-state index in [1.807, 2.05) is 0 Å². The van der Waals surface area contributed by atoms with Gasteiger partial charge in [0.15, 0.2) is 0 Å². The first-order valence-corrected chi connectivity index (χ1v) is 7.92. The summed E-state index contributed by atoms with van der Waals surface area (Å²) in [5.74, 6) is 6.81. The first kappa shape index (κ1) is 14.3. The second-order valence-corrected chi connectivity index (χ2v) is 6.51. The maximum atomic E-state index is 5.89. The van der Waals surface area contributed by atoms with Crippen molar-refractivity contribution in [3.05, 3.63) is 0 Å². The van der Waals surface area contributed by atoms with Crippen LogP contribution in [0.5, 0.6) is 0 Å². The summed E-state index contributed by atoms with van der Waals surface area (Å²) in [6, 6.07) is 0.450. The Morgan fingerprint density at radius 1 is 1.22 bits per heavy atom. The Morgan fingerprint density at radius 3 is 2.33 bits per heavy atom. The van der Waals surface area contributed by atoms with Crippen molar-refractivity contribution in [2.75, 3.05) is 13.1 Å². The summed E-state index contributed by atoms with van der Waals surface area (Å²) in [7, 11) is 0. The average molecular weight is 253 g/mol. The number of nitrogens with one attached hydrogen (secondary N) is 1. The number of nitrogens with two attached hydrogens (primary N) is 1. The molecule has 0 bridgehead atoms. The van der Waals surface area contributed by atoms with E-state index in [4.69, 9.17) is 5.84 Å². The van der Waals surface area contributed by atoms with Gasteiger partial charge in [0.2, 0.25) is 0 Å². The van der Waals surface area contributed by atoms with E-state index in [0.29, 0.717) is 6.04 Å². The van der Waals surface area contributed by atoms with Crippen LogP contribution in [-0.4, -0.2) is 29.6 Å². The van der Waals surface area contributed by atoms with E-state index in [2.05, 4.69) is 24.2 Å². The molecule has 0 aromatic carbocycles. The second kappa shape index (κ2) is 6.36. The number of piperidine rings is 1. The number of hydrogen-bond donors (Lipinski definition) is 2. The Kier molecular flexibility index (Phi) is 5.05. The Labute approximate surface area is 112 Å². The van der Waals surface area contributed by atoms with Crippen LogP contribution in [0.15, 0.2) is 0 Å². The molecule has 1 saturated heterocycles. The topological polar surface area (TPSA) is 41.3 Å². The Bertz CT molecular complexity index is 246. The Balaban J connectivity index is 2.01. The van der Waals surface area contributed by atoms with E-state index in [-0.39, 0.29) is 5.54 Å². The zero-order valence-corrected chi connectivity index (χ0v) is 12.3. The highest BCUT2D eigenvalue weighted by Crippen LogP contribution is 2.36. The van der Waals surface area contributed by atoms with Crippen LogP contribution in [0.3, 0.4) is 0 Å². The van der Waals surface area contributed by atoms with Gasteiger partial charge in [0.25, 0.3) is 0 Å². The maximum Gasteiger partial charge on any atom is 0.0394 e. The lowest BCUT2D eigenvalue weighted by molar-refractivity contribution is 0.0299. The molecule has 3 heteroatoms. The highest BCUT2D eigenvalue weighted by molar-refractivity contribution is 4.97. The van der Waals surface area contributed by atoms with Gasteiger partial charge in [0, 0.05) is 11.6 Å². The summed E-state index contributed by atoms with van der Waals surface area (Å²) in [5.41, 5.74) is 3.39. The minimum Gasteiger partial charge on any atom is -0.296 e. The van der Waals surface area contributed by atoms with Gasteiger partial charge in [0.1, 0.15) is 0 Å². The van der Waals surface area contributed by atoms with E-state index in [0.717, 1.165) is 5.92 Å². The highest BCUT2D eigenvalue weighted by atomic mass is 15.3. The highest BCUT2D eigenvalue weighted by Gasteiger charge is 2.39. The molecule has 3 N–H and O–H groups in total. The molecule has 0 spiro atoms. The third-order valence-electron chi connectivity index (χ3n) is 5.54. The SMILES string of the molecule is CCC(C)(C(CC1CCC1)NN)N1CCCCC1. The third kappa shape index (κ3) is 2.89. The van der Waals surface area contributed by atoms with E-state index < -0.39 is 0 Å². The fraction of sp³-hybridized carbons (Fsp3) is 1.00. The van der Waals surface area contributed by atoms with Gasteiger partial charge >= 0.3 is 0 Å². The Hall–Kier alpha value is -0.120. The molecule has 2 rings (SSSR count). The lowest BCUT2D eigenvalue weighted by Gasteiger charge is -2.49. The fourth-order valence-electron chi connectivity index (χ4n) is 3.66. The van der Waals surface area contributed by atoms with E-state index in [1.54, 1.807) is 0 Å². The summed E-state index contributed by atoms with van der Waals surface area (Å²) in [6.45, 7) is 7.25. The molecular formula is C15H31N3. The summed E-state index contributed by atoms with van der Waals surface area (Å²) < 4.78 is 0. The van der Waals surface area contributed by atoms with Gasteiger partial charge in [-0.2, -0.15) is 0 Å². The third-order valence-corrected chi connectivity index (χ3v) is 5.54. The van der Waals surface area contributed by atoms with E-state index in [1.165, 1.54) is 64.5 Å². The van der Waals surface area contributed by atoms with Crippen LogP contribution in [-0.2, 0) is 0 Å². The van der Waals surface area contributed by atoms with Crippen LogP contribution in [0.25, 0.3) is 0 Å².